The zero-order valence-corrected chi connectivity index (χ0v) is 7.77. The second-order valence-corrected chi connectivity index (χ2v) is 3.63. The fraction of sp³-hybridized carbons (Fsp3) is 0.364. The third kappa shape index (κ3) is 1.53. The SMILES string of the molecule is [B]C1C(c2ccncc2)=CCC1C. The number of hydrogen-bond acceptors (Lipinski definition) is 1. The van der Waals surface area contributed by atoms with Crippen LogP contribution < -0.4 is 0 Å². The second kappa shape index (κ2) is 3.37. The van der Waals surface area contributed by atoms with Crippen molar-refractivity contribution >= 4 is 13.4 Å². The number of allylic oxidation sites excluding steroid dienone is 2. The molecule has 1 aliphatic rings. The first kappa shape index (κ1) is 8.55. The molecule has 2 rings (SSSR count). The maximum absolute atomic E-state index is 6.07. The number of rotatable bonds is 1. The minimum absolute atomic E-state index is 0.197. The summed E-state index contributed by atoms with van der Waals surface area (Å²) in [6, 6.07) is 4.04. The first-order valence-electron chi connectivity index (χ1n) is 4.65. The largest absolute Gasteiger partial charge is 0.265 e. The molecule has 0 aliphatic heterocycles. The van der Waals surface area contributed by atoms with Crippen LogP contribution in [0.3, 0.4) is 0 Å². The van der Waals surface area contributed by atoms with Crippen molar-refractivity contribution in [3.05, 3.63) is 36.2 Å². The lowest BCUT2D eigenvalue weighted by Gasteiger charge is -2.14. The van der Waals surface area contributed by atoms with Crippen molar-refractivity contribution in [1.82, 2.24) is 4.98 Å². The van der Waals surface area contributed by atoms with E-state index in [1.165, 1.54) is 11.1 Å². The van der Waals surface area contributed by atoms with E-state index >= 15 is 0 Å². The molecule has 0 saturated carbocycles. The van der Waals surface area contributed by atoms with Gasteiger partial charge in [-0.3, -0.25) is 4.98 Å². The average Bonchev–Trinajstić information content (AvgIpc) is 2.49. The molecule has 0 N–H and O–H groups in total. The fourth-order valence-electron chi connectivity index (χ4n) is 1.76. The lowest BCUT2D eigenvalue weighted by atomic mass is 9.74. The lowest BCUT2D eigenvalue weighted by molar-refractivity contribution is 0.641. The second-order valence-electron chi connectivity index (χ2n) is 3.63. The summed E-state index contributed by atoms with van der Waals surface area (Å²) in [4.78, 5) is 3.99. The van der Waals surface area contributed by atoms with Crippen LogP contribution in [-0.2, 0) is 0 Å². The van der Waals surface area contributed by atoms with Crippen molar-refractivity contribution in [3.8, 4) is 0 Å². The van der Waals surface area contributed by atoms with Gasteiger partial charge in [-0.1, -0.05) is 13.0 Å². The first-order chi connectivity index (χ1) is 6.29. The molecule has 2 heteroatoms. The van der Waals surface area contributed by atoms with Crippen LogP contribution in [0.15, 0.2) is 30.6 Å². The van der Waals surface area contributed by atoms with E-state index in [0.717, 1.165) is 6.42 Å². The molecule has 64 valence electrons. The van der Waals surface area contributed by atoms with Gasteiger partial charge in [0.2, 0.25) is 0 Å². The Morgan fingerprint density at radius 2 is 2.08 bits per heavy atom. The molecule has 0 fully saturated rings. The van der Waals surface area contributed by atoms with Gasteiger partial charge in [0.15, 0.2) is 0 Å². The molecule has 2 radical (unpaired) electrons. The maximum Gasteiger partial charge on any atom is 0.0767 e. The van der Waals surface area contributed by atoms with Gasteiger partial charge in [-0.15, -0.1) is 0 Å². The summed E-state index contributed by atoms with van der Waals surface area (Å²) in [6.45, 7) is 2.19. The van der Waals surface area contributed by atoms with E-state index in [-0.39, 0.29) is 5.82 Å². The van der Waals surface area contributed by atoms with E-state index in [1.54, 1.807) is 0 Å². The normalized spacial score (nSPS) is 27.3. The Labute approximate surface area is 80.3 Å². The molecule has 13 heavy (non-hydrogen) atoms. The summed E-state index contributed by atoms with van der Waals surface area (Å²) >= 11 is 0. The number of hydrogen-bond donors (Lipinski definition) is 0. The minimum Gasteiger partial charge on any atom is -0.265 e. The third-order valence-corrected chi connectivity index (χ3v) is 2.70. The summed E-state index contributed by atoms with van der Waals surface area (Å²) < 4.78 is 0. The van der Waals surface area contributed by atoms with Crippen LogP contribution in [0.5, 0.6) is 0 Å². The third-order valence-electron chi connectivity index (χ3n) is 2.70. The zero-order chi connectivity index (χ0) is 9.26. The zero-order valence-electron chi connectivity index (χ0n) is 7.77. The quantitative estimate of drug-likeness (QED) is 0.588. The van der Waals surface area contributed by atoms with E-state index in [9.17, 15) is 0 Å². The van der Waals surface area contributed by atoms with Gasteiger partial charge in [0.25, 0.3) is 0 Å². The highest BCUT2D eigenvalue weighted by molar-refractivity contribution is 6.19. The Balaban J connectivity index is 2.29. The van der Waals surface area contributed by atoms with Crippen LogP contribution in [0, 0.1) is 5.92 Å². The van der Waals surface area contributed by atoms with Gasteiger partial charge in [0, 0.05) is 12.4 Å². The molecule has 0 spiro atoms. The molecule has 1 aromatic rings. The summed E-state index contributed by atoms with van der Waals surface area (Å²) in [5.74, 6) is 0.769. The molecule has 2 unspecified atom stereocenters. The van der Waals surface area contributed by atoms with Gasteiger partial charge in [-0.2, -0.15) is 0 Å². The predicted molar refractivity (Wildman–Crippen MR) is 55.5 cm³/mol. The van der Waals surface area contributed by atoms with Gasteiger partial charge in [0.05, 0.1) is 7.85 Å². The molecule has 0 saturated heterocycles. The summed E-state index contributed by atoms with van der Waals surface area (Å²) in [6.07, 6.45) is 6.96. The Bertz CT molecular complexity index is 318. The van der Waals surface area contributed by atoms with E-state index < -0.39 is 0 Å². The standard InChI is InChI=1S/C11H12BN/c1-8-2-3-10(11(8)12)9-4-6-13-7-5-9/h3-8,11H,2H2,1H3. The molecule has 2 atom stereocenters. The molecular weight excluding hydrogens is 157 g/mol. The molecule has 0 aromatic carbocycles. The highest BCUT2D eigenvalue weighted by Crippen LogP contribution is 2.39. The fourth-order valence-corrected chi connectivity index (χ4v) is 1.76. The van der Waals surface area contributed by atoms with Crippen LogP contribution in [0.4, 0.5) is 0 Å². The Kier molecular flexibility index (Phi) is 2.21. The highest BCUT2D eigenvalue weighted by atomic mass is 14.6. The molecule has 0 amide bonds. The van der Waals surface area contributed by atoms with E-state index in [4.69, 9.17) is 7.85 Å². The van der Waals surface area contributed by atoms with E-state index in [2.05, 4.69) is 18.0 Å². The maximum atomic E-state index is 6.07. The average molecular weight is 169 g/mol. The topological polar surface area (TPSA) is 12.9 Å². The van der Waals surface area contributed by atoms with Gasteiger partial charge in [0.1, 0.15) is 0 Å². The van der Waals surface area contributed by atoms with Crippen LogP contribution in [0.25, 0.3) is 5.57 Å². The minimum atomic E-state index is 0.197. The van der Waals surface area contributed by atoms with Gasteiger partial charge < -0.3 is 0 Å². The first-order valence-corrected chi connectivity index (χ1v) is 4.65. The van der Waals surface area contributed by atoms with Gasteiger partial charge in [-0.05, 0) is 41.4 Å². The van der Waals surface area contributed by atoms with Crippen molar-refractivity contribution in [2.75, 3.05) is 0 Å². The van der Waals surface area contributed by atoms with Gasteiger partial charge in [-0.25, -0.2) is 0 Å². The van der Waals surface area contributed by atoms with E-state index in [0.29, 0.717) is 5.92 Å². The summed E-state index contributed by atoms with van der Waals surface area (Å²) in [5, 5.41) is 0. The summed E-state index contributed by atoms with van der Waals surface area (Å²) in [7, 11) is 6.07. The Morgan fingerprint density at radius 1 is 1.38 bits per heavy atom. The highest BCUT2D eigenvalue weighted by Gasteiger charge is 2.21. The van der Waals surface area contributed by atoms with Crippen LogP contribution in [-0.4, -0.2) is 12.8 Å². The molecular formula is C11H12BN. The predicted octanol–water partition coefficient (Wildman–Crippen LogP) is 2.46. The molecule has 1 aliphatic carbocycles. The van der Waals surface area contributed by atoms with Gasteiger partial charge >= 0.3 is 0 Å². The monoisotopic (exact) mass is 169 g/mol. The molecule has 1 nitrogen and oxygen atoms in total. The van der Waals surface area contributed by atoms with E-state index in [1.807, 2.05) is 24.5 Å². The van der Waals surface area contributed by atoms with Crippen LogP contribution in [0.2, 0.25) is 5.82 Å². The molecule has 1 heterocycles. The number of pyridine rings is 1. The van der Waals surface area contributed by atoms with Crippen LogP contribution >= 0.6 is 0 Å². The van der Waals surface area contributed by atoms with Crippen molar-refractivity contribution in [2.45, 2.75) is 19.2 Å². The smallest absolute Gasteiger partial charge is 0.0767 e. The number of aromatic nitrogens is 1. The van der Waals surface area contributed by atoms with Crippen LogP contribution in [0.1, 0.15) is 18.9 Å². The molecule has 1 aromatic heterocycles. The van der Waals surface area contributed by atoms with Crippen molar-refractivity contribution in [1.29, 1.82) is 0 Å². The lowest BCUT2D eigenvalue weighted by Crippen LogP contribution is -2.00. The number of nitrogens with zero attached hydrogens (tertiary/aromatic N) is 1. The van der Waals surface area contributed by atoms with Crippen molar-refractivity contribution in [3.63, 3.8) is 0 Å². The Hall–Kier alpha value is -1.05. The van der Waals surface area contributed by atoms with Crippen molar-refractivity contribution < 1.29 is 0 Å². The summed E-state index contributed by atoms with van der Waals surface area (Å²) in [5.41, 5.74) is 2.49. The Morgan fingerprint density at radius 3 is 2.62 bits per heavy atom. The van der Waals surface area contributed by atoms with Crippen molar-refractivity contribution in [2.24, 2.45) is 5.92 Å². The molecule has 0 bridgehead atoms.